The number of nitrogens with one attached hydrogen (secondary N) is 2. The molecule has 0 aliphatic heterocycles. The number of hydrogen-bond donors (Lipinski definition) is 2. The molecule has 25 heavy (non-hydrogen) atoms. The van der Waals surface area contributed by atoms with Crippen LogP contribution < -0.4 is 14.8 Å². The minimum absolute atomic E-state index is 0.233. The van der Waals surface area contributed by atoms with E-state index < -0.39 is 0 Å². The van der Waals surface area contributed by atoms with E-state index in [2.05, 4.69) is 10.3 Å². The van der Waals surface area contributed by atoms with Gasteiger partial charge in [0.2, 0.25) is 0 Å². The van der Waals surface area contributed by atoms with Crippen LogP contribution in [-0.2, 0) is 0 Å². The van der Waals surface area contributed by atoms with Crippen LogP contribution in [0.1, 0.15) is 21.6 Å². The zero-order valence-corrected chi connectivity index (χ0v) is 15.2. The number of anilines is 1. The van der Waals surface area contributed by atoms with E-state index in [4.69, 9.17) is 21.1 Å². The summed E-state index contributed by atoms with van der Waals surface area (Å²) in [6.45, 7) is 4.04. The topological polar surface area (TPSA) is 63.3 Å². The molecule has 0 aliphatic carbocycles. The number of ether oxygens (including phenoxy) is 2. The van der Waals surface area contributed by atoms with Crippen molar-refractivity contribution in [3.8, 4) is 11.5 Å². The van der Waals surface area contributed by atoms with Gasteiger partial charge in [-0.15, -0.1) is 0 Å². The second-order valence-corrected chi connectivity index (χ2v) is 6.18. The molecule has 130 valence electrons. The highest BCUT2D eigenvalue weighted by atomic mass is 35.5. The zero-order chi connectivity index (χ0) is 18.1. The second-order valence-electron chi connectivity index (χ2n) is 5.78. The van der Waals surface area contributed by atoms with Crippen LogP contribution in [0.25, 0.3) is 10.9 Å². The molecule has 0 radical (unpaired) electrons. The predicted molar refractivity (Wildman–Crippen MR) is 100 cm³/mol. The van der Waals surface area contributed by atoms with E-state index in [0.29, 0.717) is 27.8 Å². The van der Waals surface area contributed by atoms with Gasteiger partial charge < -0.3 is 19.8 Å². The minimum atomic E-state index is -0.233. The fraction of sp³-hybridized carbons (Fsp3) is 0.211. The van der Waals surface area contributed by atoms with E-state index in [0.717, 1.165) is 22.2 Å². The Hall–Kier alpha value is -2.66. The number of aromatic nitrogens is 1. The molecule has 3 aromatic rings. The van der Waals surface area contributed by atoms with E-state index in [1.807, 2.05) is 26.0 Å². The van der Waals surface area contributed by atoms with Crippen LogP contribution in [0.4, 0.5) is 5.69 Å². The normalized spacial score (nSPS) is 10.8. The first-order valence-corrected chi connectivity index (χ1v) is 8.14. The summed E-state index contributed by atoms with van der Waals surface area (Å²) in [6.07, 6.45) is 0. The monoisotopic (exact) mass is 358 g/mol. The molecule has 0 bridgehead atoms. The molecule has 0 fully saturated rings. The fourth-order valence-electron chi connectivity index (χ4n) is 2.76. The predicted octanol–water partition coefficient (Wildman–Crippen LogP) is 4.71. The Morgan fingerprint density at radius 3 is 2.48 bits per heavy atom. The summed E-state index contributed by atoms with van der Waals surface area (Å²) in [4.78, 5) is 16.0. The van der Waals surface area contributed by atoms with E-state index in [1.165, 1.54) is 14.2 Å². The number of rotatable bonds is 4. The average Bonchev–Trinajstić information content (AvgIpc) is 2.89. The van der Waals surface area contributed by atoms with Crippen LogP contribution in [0, 0.1) is 13.8 Å². The van der Waals surface area contributed by atoms with Gasteiger partial charge in [-0.25, -0.2) is 0 Å². The highest BCUT2D eigenvalue weighted by Gasteiger charge is 2.15. The maximum absolute atomic E-state index is 12.7. The van der Waals surface area contributed by atoms with Crippen LogP contribution in [-0.4, -0.2) is 25.1 Å². The third-order valence-electron chi connectivity index (χ3n) is 4.29. The van der Waals surface area contributed by atoms with Crippen LogP contribution >= 0.6 is 11.6 Å². The standard InChI is InChI=1S/C19H19ClN2O3/c1-10-11(2)21-15-6-5-12(7-13(10)15)19(23)22-16-9-17(24-3)14(20)8-18(16)25-4/h5-9,21H,1-4H3,(H,22,23). The average molecular weight is 359 g/mol. The van der Waals surface area contributed by atoms with Crippen LogP contribution in [0.5, 0.6) is 11.5 Å². The smallest absolute Gasteiger partial charge is 0.255 e. The molecule has 1 aromatic heterocycles. The molecule has 2 N–H and O–H groups in total. The first kappa shape index (κ1) is 17.2. The van der Waals surface area contributed by atoms with Gasteiger partial charge in [-0.2, -0.15) is 0 Å². The summed E-state index contributed by atoms with van der Waals surface area (Å²) >= 11 is 6.10. The van der Waals surface area contributed by atoms with Crippen molar-refractivity contribution in [2.24, 2.45) is 0 Å². The summed E-state index contributed by atoms with van der Waals surface area (Å²) in [5.41, 5.74) is 4.30. The molecule has 1 heterocycles. The first-order chi connectivity index (χ1) is 11.9. The summed E-state index contributed by atoms with van der Waals surface area (Å²) < 4.78 is 10.5. The number of H-pyrrole nitrogens is 1. The van der Waals surface area contributed by atoms with E-state index in [-0.39, 0.29) is 5.91 Å². The SMILES string of the molecule is COc1cc(NC(=O)c2ccc3[nH]c(C)c(C)c3c2)c(OC)cc1Cl. The van der Waals surface area contributed by atoms with Crippen LogP contribution in [0.15, 0.2) is 30.3 Å². The van der Waals surface area contributed by atoms with Crippen LogP contribution in [0.3, 0.4) is 0 Å². The number of carbonyl (C=O) groups excluding carboxylic acids is 1. The lowest BCUT2D eigenvalue weighted by atomic mass is 10.1. The van der Waals surface area contributed by atoms with Crippen LogP contribution in [0.2, 0.25) is 5.02 Å². The molecular formula is C19H19ClN2O3. The van der Waals surface area contributed by atoms with Gasteiger partial charge in [0.1, 0.15) is 11.5 Å². The summed E-state index contributed by atoms with van der Waals surface area (Å²) in [7, 11) is 3.04. The van der Waals surface area contributed by atoms with Crippen molar-refractivity contribution in [3.63, 3.8) is 0 Å². The maximum atomic E-state index is 12.7. The van der Waals surface area contributed by atoms with E-state index in [1.54, 1.807) is 18.2 Å². The van der Waals surface area contributed by atoms with Crippen molar-refractivity contribution < 1.29 is 14.3 Å². The van der Waals surface area contributed by atoms with Gasteiger partial charge in [-0.1, -0.05) is 11.6 Å². The molecule has 0 aliphatic rings. The van der Waals surface area contributed by atoms with Gasteiger partial charge in [-0.3, -0.25) is 4.79 Å². The molecule has 2 aromatic carbocycles. The molecule has 6 heteroatoms. The van der Waals surface area contributed by atoms with E-state index in [9.17, 15) is 4.79 Å². The van der Waals surface area contributed by atoms with Crippen molar-refractivity contribution in [2.45, 2.75) is 13.8 Å². The number of carbonyl (C=O) groups is 1. The third kappa shape index (κ3) is 3.15. The van der Waals surface area contributed by atoms with Crippen molar-refractivity contribution >= 4 is 34.1 Å². The number of aryl methyl sites for hydroxylation is 2. The Balaban J connectivity index is 1.96. The summed E-state index contributed by atoms with van der Waals surface area (Å²) in [5, 5.41) is 4.31. The van der Waals surface area contributed by atoms with Crippen molar-refractivity contribution in [2.75, 3.05) is 19.5 Å². The van der Waals surface area contributed by atoms with E-state index >= 15 is 0 Å². The molecule has 5 nitrogen and oxygen atoms in total. The Morgan fingerprint density at radius 1 is 1.08 bits per heavy atom. The fourth-order valence-corrected chi connectivity index (χ4v) is 2.99. The maximum Gasteiger partial charge on any atom is 0.255 e. The number of methoxy groups -OCH3 is 2. The Labute approximate surface area is 150 Å². The molecule has 3 rings (SSSR count). The lowest BCUT2D eigenvalue weighted by Gasteiger charge is -2.13. The van der Waals surface area contributed by atoms with Gasteiger partial charge in [0, 0.05) is 34.3 Å². The van der Waals surface area contributed by atoms with Gasteiger partial charge in [0.25, 0.3) is 5.91 Å². The minimum Gasteiger partial charge on any atom is -0.495 e. The molecule has 0 spiro atoms. The number of hydrogen-bond acceptors (Lipinski definition) is 3. The van der Waals surface area contributed by atoms with Gasteiger partial charge in [0.05, 0.1) is 24.9 Å². The zero-order valence-electron chi connectivity index (χ0n) is 14.5. The van der Waals surface area contributed by atoms with Gasteiger partial charge in [-0.05, 0) is 37.6 Å². The molecule has 1 amide bonds. The van der Waals surface area contributed by atoms with Crippen molar-refractivity contribution in [3.05, 3.63) is 52.2 Å². The number of benzene rings is 2. The quantitative estimate of drug-likeness (QED) is 0.710. The largest absolute Gasteiger partial charge is 0.495 e. The Kier molecular flexibility index (Phi) is 4.59. The van der Waals surface area contributed by atoms with Crippen molar-refractivity contribution in [1.29, 1.82) is 0 Å². The molecule has 0 atom stereocenters. The van der Waals surface area contributed by atoms with Crippen molar-refractivity contribution in [1.82, 2.24) is 4.98 Å². The Morgan fingerprint density at radius 2 is 1.80 bits per heavy atom. The number of aromatic amines is 1. The third-order valence-corrected chi connectivity index (χ3v) is 4.59. The number of amides is 1. The second kappa shape index (κ2) is 6.69. The molecular weight excluding hydrogens is 340 g/mol. The highest BCUT2D eigenvalue weighted by molar-refractivity contribution is 6.32. The number of fused-ring (bicyclic) bond motifs is 1. The first-order valence-electron chi connectivity index (χ1n) is 7.76. The summed E-state index contributed by atoms with van der Waals surface area (Å²) in [6, 6.07) is 8.82. The molecule has 0 saturated carbocycles. The number of halogens is 1. The highest BCUT2D eigenvalue weighted by Crippen LogP contribution is 2.36. The Bertz CT molecular complexity index is 963. The lowest BCUT2D eigenvalue weighted by molar-refractivity contribution is 0.102. The van der Waals surface area contributed by atoms with Gasteiger partial charge in [0.15, 0.2) is 0 Å². The van der Waals surface area contributed by atoms with Gasteiger partial charge >= 0.3 is 0 Å². The molecule has 0 saturated heterocycles. The molecule has 0 unspecified atom stereocenters. The lowest BCUT2D eigenvalue weighted by Crippen LogP contribution is -2.12. The summed E-state index contributed by atoms with van der Waals surface area (Å²) in [5.74, 6) is 0.696.